The maximum atomic E-state index is 11.3. The summed E-state index contributed by atoms with van der Waals surface area (Å²) in [5.41, 5.74) is 0. The lowest BCUT2D eigenvalue weighted by Crippen LogP contribution is -2.07. The van der Waals surface area contributed by atoms with Gasteiger partial charge >= 0.3 is 5.97 Å². The molecule has 0 radical (unpaired) electrons. The average molecular weight is 198 g/mol. The van der Waals surface area contributed by atoms with Crippen LogP contribution in [0.25, 0.3) is 0 Å². The molecule has 14 heavy (non-hydrogen) atoms. The number of carbonyl (C=O) groups is 1. The second kappa shape index (κ2) is 6.05. The van der Waals surface area contributed by atoms with E-state index in [-0.39, 0.29) is 18.0 Å². The second-order valence-corrected chi connectivity index (χ2v) is 4.38. The first-order valence-corrected chi connectivity index (χ1v) is 5.94. The molecule has 0 bridgehead atoms. The minimum atomic E-state index is 0.0352. The summed E-state index contributed by atoms with van der Waals surface area (Å²) >= 11 is 0. The van der Waals surface area contributed by atoms with Gasteiger partial charge < -0.3 is 4.74 Å². The number of rotatable bonds is 6. The molecule has 0 spiro atoms. The van der Waals surface area contributed by atoms with Crippen LogP contribution in [0.3, 0.4) is 0 Å². The predicted molar refractivity (Wildman–Crippen MR) is 57.0 cm³/mol. The topological polar surface area (TPSA) is 26.3 Å². The van der Waals surface area contributed by atoms with Gasteiger partial charge in [-0.25, -0.2) is 0 Å². The third kappa shape index (κ3) is 3.69. The largest absolute Gasteiger partial charge is 0.462 e. The van der Waals surface area contributed by atoms with E-state index in [1.807, 2.05) is 6.92 Å². The van der Waals surface area contributed by atoms with E-state index in [4.69, 9.17) is 4.74 Å². The predicted octanol–water partition coefficient (Wildman–Crippen LogP) is 3.30. The Hall–Kier alpha value is -0.530. The van der Waals surface area contributed by atoms with Crippen molar-refractivity contribution in [2.45, 2.75) is 64.9 Å². The number of unbranched alkanes of at least 4 members (excludes halogenated alkanes) is 4. The van der Waals surface area contributed by atoms with E-state index in [1.165, 1.54) is 32.1 Å². The van der Waals surface area contributed by atoms with Gasteiger partial charge in [0.1, 0.15) is 0 Å². The zero-order valence-corrected chi connectivity index (χ0v) is 9.42. The monoisotopic (exact) mass is 198 g/mol. The molecule has 0 aliphatic carbocycles. The van der Waals surface area contributed by atoms with E-state index in [2.05, 4.69) is 6.92 Å². The standard InChI is InChI=1S/C12H22O2/c1-3-4-5-6-7-8-11-9-10(2)14-12(11)13/h10-11H,3-9H2,1-2H3/t10-,11-/m0/s1. The SMILES string of the molecule is CCCCCCC[C@H]1C[C@H](C)OC1=O. The van der Waals surface area contributed by atoms with Crippen LogP contribution in [0.1, 0.15) is 58.8 Å². The number of esters is 1. The van der Waals surface area contributed by atoms with Crippen LogP contribution in [0.4, 0.5) is 0 Å². The molecule has 1 rings (SSSR count). The third-order valence-electron chi connectivity index (χ3n) is 2.92. The maximum absolute atomic E-state index is 11.3. The van der Waals surface area contributed by atoms with Crippen molar-refractivity contribution in [3.63, 3.8) is 0 Å². The van der Waals surface area contributed by atoms with E-state index in [1.54, 1.807) is 0 Å². The summed E-state index contributed by atoms with van der Waals surface area (Å²) in [6, 6.07) is 0. The van der Waals surface area contributed by atoms with E-state index in [0.29, 0.717) is 0 Å². The van der Waals surface area contributed by atoms with Gasteiger partial charge in [0, 0.05) is 0 Å². The third-order valence-corrected chi connectivity index (χ3v) is 2.92. The molecular formula is C12H22O2. The van der Waals surface area contributed by atoms with E-state index in [9.17, 15) is 4.79 Å². The Morgan fingerprint density at radius 2 is 2.00 bits per heavy atom. The summed E-state index contributed by atoms with van der Waals surface area (Å²) in [6.45, 7) is 4.20. The van der Waals surface area contributed by atoms with E-state index < -0.39 is 0 Å². The number of hydrogen-bond donors (Lipinski definition) is 0. The Balaban J connectivity index is 2.04. The van der Waals surface area contributed by atoms with E-state index >= 15 is 0 Å². The summed E-state index contributed by atoms with van der Waals surface area (Å²) < 4.78 is 5.11. The van der Waals surface area contributed by atoms with Crippen molar-refractivity contribution in [2.75, 3.05) is 0 Å². The molecule has 1 fully saturated rings. The molecule has 1 aliphatic heterocycles. The van der Waals surface area contributed by atoms with Crippen molar-refractivity contribution < 1.29 is 9.53 Å². The quantitative estimate of drug-likeness (QED) is 0.483. The van der Waals surface area contributed by atoms with Crippen molar-refractivity contribution in [3.8, 4) is 0 Å². The molecule has 0 aromatic carbocycles. The molecule has 2 nitrogen and oxygen atoms in total. The zero-order valence-electron chi connectivity index (χ0n) is 9.42. The van der Waals surface area contributed by atoms with Crippen molar-refractivity contribution >= 4 is 5.97 Å². The van der Waals surface area contributed by atoms with Crippen LogP contribution in [0, 0.1) is 5.92 Å². The summed E-state index contributed by atoms with van der Waals surface area (Å²) in [6.07, 6.45) is 8.50. The first-order chi connectivity index (χ1) is 6.74. The van der Waals surface area contributed by atoms with Gasteiger partial charge in [0.25, 0.3) is 0 Å². The molecule has 2 atom stereocenters. The minimum absolute atomic E-state index is 0.0352. The van der Waals surface area contributed by atoms with Gasteiger partial charge in [0.15, 0.2) is 0 Å². The number of hydrogen-bond acceptors (Lipinski definition) is 2. The second-order valence-electron chi connectivity index (χ2n) is 4.38. The Morgan fingerprint density at radius 1 is 1.29 bits per heavy atom. The average Bonchev–Trinajstić information content (AvgIpc) is 2.45. The van der Waals surface area contributed by atoms with Crippen LogP contribution in [-0.2, 0) is 9.53 Å². The Labute approximate surface area is 87.0 Å². The highest BCUT2D eigenvalue weighted by molar-refractivity contribution is 5.74. The Kier molecular flexibility index (Phi) is 4.99. The first kappa shape index (κ1) is 11.5. The number of cyclic esters (lactones) is 1. The van der Waals surface area contributed by atoms with Crippen LogP contribution in [0.15, 0.2) is 0 Å². The fraction of sp³-hybridized carbons (Fsp3) is 0.917. The lowest BCUT2D eigenvalue weighted by molar-refractivity contribution is -0.143. The number of carbonyl (C=O) groups excluding carboxylic acids is 1. The van der Waals surface area contributed by atoms with Crippen molar-refractivity contribution in [1.82, 2.24) is 0 Å². The Morgan fingerprint density at radius 3 is 2.57 bits per heavy atom. The number of ether oxygens (including phenoxy) is 1. The highest BCUT2D eigenvalue weighted by Gasteiger charge is 2.30. The lowest BCUT2D eigenvalue weighted by Gasteiger charge is -2.04. The molecule has 0 aromatic heterocycles. The van der Waals surface area contributed by atoms with E-state index in [0.717, 1.165) is 12.8 Å². The summed E-state index contributed by atoms with van der Waals surface area (Å²) in [7, 11) is 0. The van der Waals surface area contributed by atoms with Crippen LogP contribution < -0.4 is 0 Å². The van der Waals surface area contributed by atoms with Crippen molar-refractivity contribution in [2.24, 2.45) is 5.92 Å². The Bertz CT molecular complexity index is 177. The molecule has 1 heterocycles. The highest BCUT2D eigenvalue weighted by Crippen LogP contribution is 2.25. The molecule has 2 heteroatoms. The highest BCUT2D eigenvalue weighted by atomic mass is 16.5. The minimum Gasteiger partial charge on any atom is -0.462 e. The maximum Gasteiger partial charge on any atom is 0.309 e. The summed E-state index contributed by atoms with van der Waals surface area (Å²) in [5.74, 6) is 0.236. The molecule has 0 aromatic rings. The molecule has 0 unspecified atom stereocenters. The molecule has 1 saturated heterocycles. The smallest absolute Gasteiger partial charge is 0.309 e. The zero-order chi connectivity index (χ0) is 10.4. The van der Waals surface area contributed by atoms with Gasteiger partial charge in [-0.05, 0) is 19.8 Å². The molecule has 0 N–H and O–H groups in total. The molecule has 1 aliphatic rings. The first-order valence-electron chi connectivity index (χ1n) is 5.94. The van der Waals surface area contributed by atoms with Crippen LogP contribution in [-0.4, -0.2) is 12.1 Å². The molecular weight excluding hydrogens is 176 g/mol. The van der Waals surface area contributed by atoms with Gasteiger partial charge in [-0.2, -0.15) is 0 Å². The normalized spacial score (nSPS) is 26.6. The van der Waals surface area contributed by atoms with Crippen molar-refractivity contribution in [3.05, 3.63) is 0 Å². The fourth-order valence-electron chi connectivity index (χ4n) is 2.07. The summed E-state index contributed by atoms with van der Waals surface area (Å²) in [4.78, 5) is 11.3. The van der Waals surface area contributed by atoms with Gasteiger partial charge in [-0.3, -0.25) is 4.79 Å². The lowest BCUT2D eigenvalue weighted by atomic mass is 9.97. The van der Waals surface area contributed by atoms with Gasteiger partial charge in [0.2, 0.25) is 0 Å². The van der Waals surface area contributed by atoms with Crippen LogP contribution in [0.5, 0.6) is 0 Å². The molecule has 82 valence electrons. The molecule has 0 amide bonds. The van der Waals surface area contributed by atoms with Crippen LogP contribution in [0.2, 0.25) is 0 Å². The van der Waals surface area contributed by atoms with Gasteiger partial charge in [0.05, 0.1) is 12.0 Å². The summed E-state index contributed by atoms with van der Waals surface area (Å²) in [5, 5.41) is 0. The van der Waals surface area contributed by atoms with Gasteiger partial charge in [-0.15, -0.1) is 0 Å². The molecule has 0 saturated carbocycles. The fourth-order valence-corrected chi connectivity index (χ4v) is 2.07. The van der Waals surface area contributed by atoms with Gasteiger partial charge in [-0.1, -0.05) is 39.0 Å². The van der Waals surface area contributed by atoms with Crippen LogP contribution >= 0.6 is 0 Å². The van der Waals surface area contributed by atoms with Crippen molar-refractivity contribution in [1.29, 1.82) is 0 Å².